The fourth-order valence-corrected chi connectivity index (χ4v) is 2.03. The van der Waals surface area contributed by atoms with Crippen molar-refractivity contribution in [3.05, 3.63) is 23.8 Å². The molecule has 0 unspecified atom stereocenters. The van der Waals surface area contributed by atoms with Crippen molar-refractivity contribution in [3.63, 3.8) is 0 Å². The van der Waals surface area contributed by atoms with Crippen LogP contribution in [0.25, 0.3) is 0 Å². The van der Waals surface area contributed by atoms with Gasteiger partial charge in [0.2, 0.25) is 6.79 Å². The molecule has 4 nitrogen and oxygen atoms in total. The summed E-state index contributed by atoms with van der Waals surface area (Å²) < 4.78 is 10.6. The van der Waals surface area contributed by atoms with Crippen molar-refractivity contribution in [3.8, 4) is 11.5 Å². The van der Waals surface area contributed by atoms with Gasteiger partial charge < -0.3 is 20.3 Å². The summed E-state index contributed by atoms with van der Waals surface area (Å²) in [5.74, 6) is 2.02. The molecule has 0 amide bonds. The summed E-state index contributed by atoms with van der Waals surface area (Å²) in [7, 11) is 0. The normalized spacial score (nSPS) is 16.9. The first-order valence-corrected chi connectivity index (χ1v) is 6.41. The van der Waals surface area contributed by atoms with Crippen LogP contribution in [0, 0.1) is 5.92 Å². The first-order valence-electron chi connectivity index (χ1n) is 6.41. The van der Waals surface area contributed by atoms with Gasteiger partial charge in [-0.25, -0.2) is 0 Å². The molecule has 0 aromatic heterocycles. The molecule has 0 spiro atoms. The van der Waals surface area contributed by atoms with Gasteiger partial charge >= 0.3 is 0 Å². The standard InChI is InChI=1S/C14H21NO3/c1-9(2)3-5-11(16)14(15)10-4-6-12-13(7-10)18-8-17-12/h4,6-7,9,11,14,16H,3,5,8,15H2,1-2H3/t11-,14+/m0/s1. The van der Waals surface area contributed by atoms with Crippen LogP contribution in [-0.4, -0.2) is 18.0 Å². The smallest absolute Gasteiger partial charge is 0.231 e. The quantitative estimate of drug-likeness (QED) is 0.842. The molecule has 1 aliphatic heterocycles. The van der Waals surface area contributed by atoms with Crippen LogP contribution in [0.3, 0.4) is 0 Å². The predicted octanol–water partition coefficient (Wildman–Crippen LogP) is 2.21. The van der Waals surface area contributed by atoms with E-state index >= 15 is 0 Å². The first-order chi connectivity index (χ1) is 8.58. The van der Waals surface area contributed by atoms with Gasteiger partial charge in [0.15, 0.2) is 11.5 Å². The number of rotatable bonds is 5. The molecule has 1 aromatic carbocycles. The average Bonchev–Trinajstić information content (AvgIpc) is 2.81. The molecular weight excluding hydrogens is 230 g/mol. The molecule has 3 N–H and O–H groups in total. The van der Waals surface area contributed by atoms with E-state index in [1.54, 1.807) is 0 Å². The summed E-state index contributed by atoms with van der Waals surface area (Å²) in [6.07, 6.45) is 1.17. The molecule has 0 bridgehead atoms. The summed E-state index contributed by atoms with van der Waals surface area (Å²) >= 11 is 0. The minimum Gasteiger partial charge on any atom is -0.454 e. The lowest BCUT2D eigenvalue weighted by Gasteiger charge is -2.20. The largest absolute Gasteiger partial charge is 0.454 e. The van der Waals surface area contributed by atoms with Gasteiger partial charge in [-0.05, 0) is 36.5 Å². The Balaban J connectivity index is 2.02. The van der Waals surface area contributed by atoms with Gasteiger partial charge in [-0.3, -0.25) is 0 Å². The third-order valence-corrected chi connectivity index (χ3v) is 3.24. The lowest BCUT2D eigenvalue weighted by atomic mass is 9.96. The van der Waals surface area contributed by atoms with Gasteiger partial charge in [-0.15, -0.1) is 0 Å². The molecule has 2 atom stereocenters. The average molecular weight is 251 g/mol. The summed E-state index contributed by atoms with van der Waals surface area (Å²) in [5.41, 5.74) is 6.96. The number of ether oxygens (including phenoxy) is 2. The molecule has 18 heavy (non-hydrogen) atoms. The van der Waals surface area contributed by atoms with Crippen LogP contribution in [0.15, 0.2) is 18.2 Å². The Kier molecular flexibility index (Phi) is 4.09. The van der Waals surface area contributed by atoms with Crippen LogP contribution >= 0.6 is 0 Å². The Morgan fingerprint density at radius 2 is 1.94 bits per heavy atom. The van der Waals surface area contributed by atoms with Crippen molar-refractivity contribution in [1.29, 1.82) is 0 Å². The zero-order valence-corrected chi connectivity index (χ0v) is 10.9. The minimum atomic E-state index is -0.521. The second kappa shape index (κ2) is 5.59. The van der Waals surface area contributed by atoms with Crippen molar-refractivity contribution in [2.75, 3.05) is 6.79 Å². The number of aliphatic hydroxyl groups excluding tert-OH is 1. The monoisotopic (exact) mass is 251 g/mol. The van der Waals surface area contributed by atoms with Crippen molar-refractivity contribution >= 4 is 0 Å². The van der Waals surface area contributed by atoms with Gasteiger partial charge in [0.1, 0.15) is 0 Å². The van der Waals surface area contributed by atoms with E-state index in [0.717, 1.165) is 17.7 Å². The maximum absolute atomic E-state index is 10.1. The summed E-state index contributed by atoms with van der Waals surface area (Å²) in [6.45, 7) is 4.53. The van der Waals surface area contributed by atoms with E-state index in [0.29, 0.717) is 18.1 Å². The predicted molar refractivity (Wildman–Crippen MR) is 69.6 cm³/mol. The highest BCUT2D eigenvalue weighted by molar-refractivity contribution is 5.45. The zero-order chi connectivity index (χ0) is 13.1. The third kappa shape index (κ3) is 2.94. The maximum atomic E-state index is 10.1. The number of fused-ring (bicyclic) bond motifs is 1. The third-order valence-electron chi connectivity index (χ3n) is 3.24. The minimum absolute atomic E-state index is 0.254. The molecular formula is C14H21NO3. The van der Waals surface area contributed by atoms with Crippen LogP contribution in [0.2, 0.25) is 0 Å². The molecule has 0 fully saturated rings. The van der Waals surface area contributed by atoms with E-state index in [-0.39, 0.29) is 12.8 Å². The number of hydrogen-bond acceptors (Lipinski definition) is 4. The second-order valence-electron chi connectivity index (χ2n) is 5.18. The van der Waals surface area contributed by atoms with E-state index in [1.165, 1.54) is 0 Å². The highest BCUT2D eigenvalue weighted by atomic mass is 16.7. The molecule has 100 valence electrons. The number of nitrogens with two attached hydrogens (primary N) is 1. The molecule has 1 aromatic rings. The van der Waals surface area contributed by atoms with E-state index in [9.17, 15) is 5.11 Å². The molecule has 0 saturated heterocycles. The highest BCUT2D eigenvalue weighted by Gasteiger charge is 2.20. The van der Waals surface area contributed by atoms with Crippen LogP contribution in [0.5, 0.6) is 11.5 Å². The van der Waals surface area contributed by atoms with E-state index in [2.05, 4.69) is 13.8 Å². The van der Waals surface area contributed by atoms with Crippen molar-refractivity contribution in [1.82, 2.24) is 0 Å². The molecule has 1 aliphatic rings. The molecule has 0 aliphatic carbocycles. The Morgan fingerprint density at radius 3 is 2.67 bits per heavy atom. The van der Waals surface area contributed by atoms with Gasteiger partial charge in [-0.1, -0.05) is 19.9 Å². The molecule has 0 radical (unpaired) electrons. The number of benzene rings is 1. The van der Waals surface area contributed by atoms with Gasteiger partial charge in [0.05, 0.1) is 12.1 Å². The Hall–Kier alpha value is -1.26. The summed E-state index contributed by atoms with van der Waals surface area (Å²) in [5, 5.41) is 10.1. The van der Waals surface area contributed by atoms with E-state index in [4.69, 9.17) is 15.2 Å². The van der Waals surface area contributed by atoms with Crippen LogP contribution in [0.1, 0.15) is 38.3 Å². The molecule has 1 heterocycles. The van der Waals surface area contributed by atoms with Gasteiger partial charge in [0.25, 0.3) is 0 Å². The molecule has 4 heteroatoms. The second-order valence-corrected chi connectivity index (χ2v) is 5.18. The van der Waals surface area contributed by atoms with Crippen molar-refractivity contribution in [2.45, 2.75) is 38.8 Å². The van der Waals surface area contributed by atoms with Crippen LogP contribution < -0.4 is 15.2 Å². The first kappa shape index (κ1) is 13.2. The Morgan fingerprint density at radius 1 is 1.22 bits per heavy atom. The Labute approximate surface area is 108 Å². The fraction of sp³-hybridized carbons (Fsp3) is 0.571. The van der Waals surface area contributed by atoms with Crippen LogP contribution in [-0.2, 0) is 0 Å². The van der Waals surface area contributed by atoms with Crippen molar-refractivity contribution in [2.24, 2.45) is 11.7 Å². The fourth-order valence-electron chi connectivity index (χ4n) is 2.03. The SMILES string of the molecule is CC(C)CC[C@H](O)[C@H](N)c1ccc2c(c1)OCO2. The lowest BCUT2D eigenvalue weighted by molar-refractivity contribution is 0.128. The van der Waals surface area contributed by atoms with Gasteiger partial charge in [-0.2, -0.15) is 0 Å². The van der Waals surface area contributed by atoms with E-state index < -0.39 is 6.10 Å². The van der Waals surface area contributed by atoms with Crippen molar-refractivity contribution < 1.29 is 14.6 Å². The molecule has 0 saturated carbocycles. The highest BCUT2D eigenvalue weighted by Crippen LogP contribution is 2.34. The summed E-state index contributed by atoms with van der Waals surface area (Å²) in [6, 6.07) is 5.20. The van der Waals surface area contributed by atoms with E-state index in [1.807, 2.05) is 18.2 Å². The molecule has 2 rings (SSSR count). The Bertz CT molecular complexity index is 406. The summed E-state index contributed by atoms with van der Waals surface area (Å²) in [4.78, 5) is 0. The zero-order valence-electron chi connectivity index (χ0n) is 10.9. The number of aliphatic hydroxyl groups is 1. The maximum Gasteiger partial charge on any atom is 0.231 e. The lowest BCUT2D eigenvalue weighted by Crippen LogP contribution is -2.26. The topological polar surface area (TPSA) is 64.7 Å². The number of hydrogen-bond donors (Lipinski definition) is 2. The van der Waals surface area contributed by atoms with Gasteiger partial charge in [0, 0.05) is 0 Å². The van der Waals surface area contributed by atoms with Crippen LogP contribution in [0.4, 0.5) is 0 Å².